The summed E-state index contributed by atoms with van der Waals surface area (Å²) < 4.78 is 10.4. The second kappa shape index (κ2) is 7.00. The number of likely N-dealkylation sites (tertiary alicyclic amines) is 1. The Bertz CT molecular complexity index is 757. The number of hydrogen-bond acceptors (Lipinski definition) is 6. The minimum Gasteiger partial charge on any atom is -0.485 e. The minimum absolute atomic E-state index is 0.0152. The van der Waals surface area contributed by atoms with Crippen LogP contribution in [0.4, 0.5) is 5.82 Å². The van der Waals surface area contributed by atoms with Gasteiger partial charge in [0.05, 0.1) is 17.8 Å². The lowest BCUT2D eigenvalue weighted by Crippen LogP contribution is -2.31. The van der Waals surface area contributed by atoms with Crippen LogP contribution in [0.5, 0.6) is 5.75 Å². The Morgan fingerprint density at radius 2 is 2.16 bits per heavy atom. The maximum Gasteiger partial charge on any atom is 0.256 e. The molecule has 0 radical (unpaired) electrons. The van der Waals surface area contributed by atoms with Crippen molar-refractivity contribution in [2.24, 2.45) is 0 Å². The molecule has 4 heterocycles. The predicted molar refractivity (Wildman–Crippen MR) is 97.5 cm³/mol. The lowest BCUT2D eigenvalue weighted by molar-refractivity contribution is 0.0772. The standard InChI is InChI=1S/C18H22N4O2S/c1-13-15(12-25-20-13)18(23)22-10-6-14(11-22)24-16-5-4-7-19-17(16)21-8-2-3-9-21/h4-5,7,12,14H,2-3,6,8-11H2,1H3/t14-/m0/s1. The van der Waals surface area contributed by atoms with Crippen LogP contribution in [0.15, 0.2) is 23.7 Å². The Morgan fingerprint density at radius 1 is 1.32 bits per heavy atom. The van der Waals surface area contributed by atoms with E-state index in [-0.39, 0.29) is 12.0 Å². The van der Waals surface area contributed by atoms with E-state index in [1.807, 2.05) is 35.5 Å². The number of aromatic nitrogens is 2. The highest BCUT2D eigenvalue weighted by molar-refractivity contribution is 7.03. The third-order valence-corrected chi connectivity index (χ3v) is 5.58. The second-order valence-corrected chi connectivity index (χ2v) is 7.24. The molecule has 2 saturated heterocycles. The van der Waals surface area contributed by atoms with Crippen molar-refractivity contribution in [1.29, 1.82) is 0 Å². The molecule has 6 nitrogen and oxygen atoms in total. The maximum absolute atomic E-state index is 12.6. The van der Waals surface area contributed by atoms with E-state index < -0.39 is 0 Å². The smallest absolute Gasteiger partial charge is 0.256 e. The van der Waals surface area contributed by atoms with Gasteiger partial charge in [0.1, 0.15) is 6.10 Å². The number of nitrogens with zero attached hydrogens (tertiary/aromatic N) is 4. The van der Waals surface area contributed by atoms with Gasteiger partial charge in [-0.1, -0.05) is 0 Å². The van der Waals surface area contributed by atoms with Crippen molar-refractivity contribution >= 4 is 23.3 Å². The van der Waals surface area contributed by atoms with Gasteiger partial charge in [0.2, 0.25) is 0 Å². The molecule has 2 aromatic heterocycles. The molecule has 4 rings (SSSR count). The normalized spacial score (nSPS) is 20.3. The summed E-state index contributed by atoms with van der Waals surface area (Å²) in [5, 5.41) is 1.83. The Morgan fingerprint density at radius 3 is 2.92 bits per heavy atom. The van der Waals surface area contributed by atoms with Crippen molar-refractivity contribution < 1.29 is 9.53 Å². The van der Waals surface area contributed by atoms with E-state index >= 15 is 0 Å². The molecule has 132 valence electrons. The molecule has 0 spiro atoms. The number of pyridine rings is 1. The van der Waals surface area contributed by atoms with Gasteiger partial charge in [-0.05, 0) is 43.4 Å². The molecule has 0 N–H and O–H groups in total. The lowest BCUT2D eigenvalue weighted by Gasteiger charge is -2.22. The van der Waals surface area contributed by atoms with Crippen LogP contribution in [0.2, 0.25) is 0 Å². The van der Waals surface area contributed by atoms with Crippen LogP contribution in [0.1, 0.15) is 35.3 Å². The van der Waals surface area contributed by atoms with Crippen LogP contribution in [-0.2, 0) is 0 Å². The Kier molecular flexibility index (Phi) is 4.57. The Labute approximate surface area is 151 Å². The van der Waals surface area contributed by atoms with Gasteiger partial charge < -0.3 is 14.5 Å². The summed E-state index contributed by atoms with van der Waals surface area (Å²) in [6, 6.07) is 3.89. The molecule has 0 aromatic carbocycles. The average Bonchev–Trinajstić information content (AvgIpc) is 3.36. The van der Waals surface area contributed by atoms with Gasteiger partial charge in [0, 0.05) is 37.6 Å². The number of carbonyl (C=O) groups is 1. The van der Waals surface area contributed by atoms with Gasteiger partial charge >= 0.3 is 0 Å². The molecule has 2 aliphatic heterocycles. The first-order valence-corrected chi connectivity index (χ1v) is 9.63. The number of anilines is 1. The molecule has 1 amide bonds. The zero-order chi connectivity index (χ0) is 17.2. The number of rotatable bonds is 4. The summed E-state index contributed by atoms with van der Waals surface area (Å²) in [6.07, 6.45) is 5.08. The van der Waals surface area contributed by atoms with E-state index in [0.29, 0.717) is 12.1 Å². The van der Waals surface area contributed by atoms with Crippen LogP contribution >= 0.6 is 11.5 Å². The molecule has 0 aliphatic carbocycles. The fraction of sp³-hybridized carbons (Fsp3) is 0.500. The first-order chi connectivity index (χ1) is 12.2. The van der Waals surface area contributed by atoms with Crippen molar-refractivity contribution in [2.75, 3.05) is 31.1 Å². The Balaban J connectivity index is 1.43. The summed E-state index contributed by atoms with van der Waals surface area (Å²) >= 11 is 1.33. The molecule has 2 aliphatic rings. The largest absolute Gasteiger partial charge is 0.485 e. The molecular weight excluding hydrogens is 336 g/mol. The van der Waals surface area contributed by atoms with Gasteiger partial charge in [-0.25, -0.2) is 4.98 Å². The zero-order valence-corrected chi connectivity index (χ0v) is 15.2. The van der Waals surface area contributed by atoms with E-state index in [0.717, 1.165) is 43.3 Å². The fourth-order valence-electron chi connectivity index (χ4n) is 3.50. The first-order valence-electron chi connectivity index (χ1n) is 8.79. The van der Waals surface area contributed by atoms with Gasteiger partial charge in [0.15, 0.2) is 11.6 Å². The number of hydrogen-bond donors (Lipinski definition) is 0. The number of amides is 1. The minimum atomic E-state index is 0.0152. The highest BCUT2D eigenvalue weighted by Crippen LogP contribution is 2.30. The summed E-state index contributed by atoms with van der Waals surface area (Å²) in [7, 11) is 0. The SMILES string of the molecule is Cc1nscc1C(=O)N1CC[C@H](Oc2cccnc2N2CCCC2)C1. The maximum atomic E-state index is 12.6. The van der Waals surface area contributed by atoms with Crippen molar-refractivity contribution in [3.63, 3.8) is 0 Å². The molecule has 2 aromatic rings. The molecule has 2 fully saturated rings. The van der Waals surface area contributed by atoms with Crippen molar-refractivity contribution in [3.05, 3.63) is 35.0 Å². The monoisotopic (exact) mass is 358 g/mol. The molecular formula is C18H22N4O2S. The highest BCUT2D eigenvalue weighted by Gasteiger charge is 2.30. The quantitative estimate of drug-likeness (QED) is 0.841. The number of ether oxygens (including phenoxy) is 1. The van der Waals surface area contributed by atoms with Crippen LogP contribution in [-0.4, -0.2) is 52.4 Å². The van der Waals surface area contributed by atoms with Crippen molar-refractivity contribution in [3.8, 4) is 5.75 Å². The number of carbonyl (C=O) groups excluding carboxylic acids is 1. The zero-order valence-electron chi connectivity index (χ0n) is 14.4. The lowest BCUT2D eigenvalue weighted by atomic mass is 10.2. The highest BCUT2D eigenvalue weighted by atomic mass is 32.1. The predicted octanol–water partition coefficient (Wildman–Crippen LogP) is 2.74. The molecule has 0 unspecified atom stereocenters. The van der Waals surface area contributed by atoms with Gasteiger partial charge in [-0.2, -0.15) is 4.37 Å². The van der Waals surface area contributed by atoms with E-state index in [1.165, 1.54) is 24.4 Å². The third kappa shape index (κ3) is 3.33. The molecule has 1 atom stereocenters. The third-order valence-electron chi connectivity index (χ3n) is 4.86. The van der Waals surface area contributed by atoms with E-state index in [4.69, 9.17) is 4.74 Å². The van der Waals surface area contributed by atoms with Gasteiger partial charge in [-0.15, -0.1) is 0 Å². The van der Waals surface area contributed by atoms with Gasteiger partial charge in [-0.3, -0.25) is 4.79 Å². The average molecular weight is 358 g/mol. The second-order valence-electron chi connectivity index (χ2n) is 6.61. The van der Waals surface area contributed by atoms with Crippen molar-refractivity contribution in [2.45, 2.75) is 32.3 Å². The summed E-state index contributed by atoms with van der Waals surface area (Å²) in [6.45, 7) is 5.28. The molecule has 25 heavy (non-hydrogen) atoms. The van der Waals surface area contributed by atoms with Crippen LogP contribution in [0.3, 0.4) is 0 Å². The summed E-state index contributed by atoms with van der Waals surface area (Å²) in [5.74, 6) is 1.82. The van der Waals surface area contributed by atoms with E-state index in [9.17, 15) is 4.79 Å². The fourth-order valence-corrected chi connectivity index (χ4v) is 4.18. The topological polar surface area (TPSA) is 58.6 Å². The van der Waals surface area contributed by atoms with Crippen molar-refractivity contribution in [1.82, 2.24) is 14.3 Å². The summed E-state index contributed by atoms with van der Waals surface area (Å²) in [5.41, 5.74) is 1.52. The molecule has 7 heteroatoms. The molecule has 0 saturated carbocycles. The number of aryl methyl sites for hydroxylation is 1. The van der Waals surface area contributed by atoms with Crippen LogP contribution in [0.25, 0.3) is 0 Å². The Hall–Kier alpha value is -2.15. The van der Waals surface area contributed by atoms with E-state index in [1.54, 1.807) is 0 Å². The first kappa shape index (κ1) is 16.3. The van der Waals surface area contributed by atoms with Crippen LogP contribution < -0.4 is 9.64 Å². The van der Waals surface area contributed by atoms with E-state index in [2.05, 4.69) is 14.3 Å². The molecule has 0 bridgehead atoms. The summed E-state index contributed by atoms with van der Waals surface area (Å²) in [4.78, 5) is 21.3. The van der Waals surface area contributed by atoms with Crippen LogP contribution in [0, 0.1) is 6.92 Å². The van der Waals surface area contributed by atoms with Gasteiger partial charge in [0.25, 0.3) is 5.91 Å².